The van der Waals surface area contributed by atoms with Gasteiger partial charge in [0.25, 0.3) is 0 Å². The largest absolute Gasteiger partial charge is 0.352 e. The lowest BCUT2D eigenvalue weighted by atomic mass is 9.96. The SMILES string of the molecule is Clc1ncc(Br)c(N2CCCC2C2CCCC2)n1. The van der Waals surface area contributed by atoms with Crippen molar-refractivity contribution < 1.29 is 0 Å². The molecule has 1 atom stereocenters. The number of hydrogen-bond donors (Lipinski definition) is 0. The van der Waals surface area contributed by atoms with Crippen LogP contribution in [0.2, 0.25) is 5.28 Å². The van der Waals surface area contributed by atoms with E-state index in [0.29, 0.717) is 11.3 Å². The molecule has 2 aliphatic rings. The van der Waals surface area contributed by atoms with E-state index in [0.717, 1.165) is 22.8 Å². The second kappa shape index (κ2) is 5.33. The van der Waals surface area contributed by atoms with Gasteiger partial charge in [0, 0.05) is 18.8 Å². The Balaban J connectivity index is 1.87. The summed E-state index contributed by atoms with van der Waals surface area (Å²) in [5.41, 5.74) is 0. The van der Waals surface area contributed by atoms with Gasteiger partial charge in [-0.1, -0.05) is 12.8 Å². The first kappa shape index (κ1) is 12.7. The Kier molecular flexibility index (Phi) is 3.76. The summed E-state index contributed by atoms with van der Waals surface area (Å²) in [7, 11) is 0. The predicted molar refractivity (Wildman–Crippen MR) is 77.1 cm³/mol. The van der Waals surface area contributed by atoms with Crippen molar-refractivity contribution in [1.82, 2.24) is 9.97 Å². The predicted octanol–water partition coefficient (Wildman–Crippen LogP) is 4.05. The summed E-state index contributed by atoms with van der Waals surface area (Å²) in [6.45, 7) is 1.09. The maximum absolute atomic E-state index is 5.93. The maximum atomic E-state index is 5.93. The summed E-state index contributed by atoms with van der Waals surface area (Å²) >= 11 is 9.48. The van der Waals surface area contributed by atoms with E-state index in [1.165, 1.54) is 38.5 Å². The molecule has 0 N–H and O–H groups in total. The first-order valence-electron chi connectivity index (χ1n) is 6.70. The number of halogens is 2. The van der Waals surface area contributed by atoms with Crippen molar-refractivity contribution in [2.75, 3.05) is 11.4 Å². The van der Waals surface area contributed by atoms with Crippen molar-refractivity contribution in [3.05, 3.63) is 16.0 Å². The number of anilines is 1. The summed E-state index contributed by atoms with van der Waals surface area (Å²) in [6.07, 6.45) is 9.83. The van der Waals surface area contributed by atoms with Crippen LogP contribution in [0.1, 0.15) is 38.5 Å². The molecule has 0 amide bonds. The summed E-state index contributed by atoms with van der Waals surface area (Å²) in [5.74, 6) is 1.82. The van der Waals surface area contributed by atoms with Gasteiger partial charge in [-0.25, -0.2) is 4.98 Å². The van der Waals surface area contributed by atoms with Crippen molar-refractivity contribution in [2.24, 2.45) is 5.92 Å². The van der Waals surface area contributed by atoms with Gasteiger partial charge < -0.3 is 4.90 Å². The van der Waals surface area contributed by atoms with E-state index >= 15 is 0 Å². The van der Waals surface area contributed by atoms with E-state index in [-0.39, 0.29) is 0 Å². The van der Waals surface area contributed by atoms with Crippen LogP contribution in [0.3, 0.4) is 0 Å². The highest BCUT2D eigenvalue weighted by atomic mass is 79.9. The van der Waals surface area contributed by atoms with E-state index in [1.54, 1.807) is 6.20 Å². The van der Waals surface area contributed by atoms with Gasteiger partial charge in [0.2, 0.25) is 5.28 Å². The van der Waals surface area contributed by atoms with Crippen LogP contribution in [0.25, 0.3) is 0 Å². The summed E-state index contributed by atoms with van der Waals surface area (Å²) < 4.78 is 0.955. The van der Waals surface area contributed by atoms with E-state index in [9.17, 15) is 0 Å². The lowest BCUT2D eigenvalue weighted by molar-refractivity contribution is 0.429. The minimum Gasteiger partial charge on any atom is -0.352 e. The molecule has 18 heavy (non-hydrogen) atoms. The van der Waals surface area contributed by atoms with E-state index < -0.39 is 0 Å². The zero-order valence-corrected chi connectivity index (χ0v) is 12.6. The van der Waals surface area contributed by atoms with Crippen LogP contribution < -0.4 is 4.90 Å². The molecule has 1 saturated heterocycles. The molecule has 1 aliphatic carbocycles. The van der Waals surface area contributed by atoms with Crippen LogP contribution in [0.15, 0.2) is 10.7 Å². The highest BCUT2D eigenvalue weighted by Gasteiger charge is 2.34. The first-order chi connectivity index (χ1) is 8.75. The molecule has 0 spiro atoms. The fourth-order valence-electron chi connectivity index (χ4n) is 3.43. The Morgan fingerprint density at radius 2 is 2.00 bits per heavy atom. The standard InChI is InChI=1S/C13H17BrClN3/c14-10-8-16-13(15)17-12(10)18-7-3-6-11(18)9-4-1-2-5-9/h8-9,11H,1-7H2. The van der Waals surface area contributed by atoms with Gasteiger partial charge in [-0.3, -0.25) is 0 Å². The van der Waals surface area contributed by atoms with Crippen molar-refractivity contribution in [3.63, 3.8) is 0 Å². The Bertz CT molecular complexity index is 434. The molecule has 2 heterocycles. The van der Waals surface area contributed by atoms with Gasteiger partial charge in [-0.05, 0) is 59.1 Å². The molecular formula is C13H17BrClN3. The number of nitrogens with zero attached hydrogens (tertiary/aromatic N) is 3. The van der Waals surface area contributed by atoms with Crippen LogP contribution in [-0.4, -0.2) is 22.6 Å². The van der Waals surface area contributed by atoms with Crippen LogP contribution >= 0.6 is 27.5 Å². The van der Waals surface area contributed by atoms with Gasteiger partial charge >= 0.3 is 0 Å². The average Bonchev–Trinajstić information content (AvgIpc) is 3.00. The lowest BCUT2D eigenvalue weighted by Gasteiger charge is -2.30. The monoisotopic (exact) mass is 329 g/mol. The molecule has 3 nitrogen and oxygen atoms in total. The Labute approximate surface area is 121 Å². The molecular weight excluding hydrogens is 314 g/mol. The quantitative estimate of drug-likeness (QED) is 0.766. The molecule has 1 aliphatic heterocycles. The Morgan fingerprint density at radius 3 is 2.78 bits per heavy atom. The summed E-state index contributed by atoms with van der Waals surface area (Å²) in [5, 5.41) is 0.338. The lowest BCUT2D eigenvalue weighted by Crippen LogP contribution is -2.35. The van der Waals surface area contributed by atoms with Crippen LogP contribution in [-0.2, 0) is 0 Å². The second-order valence-electron chi connectivity index (χ2n) is 5.26. The number of hydrogen-bond acceptors (Lipinski definition) is 3. The average molecular weight is 331 g/mol. The van der Waals surface area contributed by atoms with Gasteiger partial charge in [0.1, 0.15) is 5.82 Å². The summed E-state index contributed by atoms with van der Waals surface area (Å²) in [6, 6.07) is 0.648. The number of aromatic nitrogens is 2. The molecule has 98 valence electrons. The Morgan fingerprint density at radius 1 is 1.22 bits per heavy atom. The third-order valence-electron chi connectivity index (χ3n) is 4.21. The third-order valence-corrected chi connectivity index (χ3v) is 4.95. The third kappa shape index (κ3) is 2.37. The van der Waals surface area contributed by atoms with Gasteiger partial charge in [-0.15, -0.1) is 0 Å². The van der Waals surface area contributed by atoms with E-state index in [4.69, 9.17) is 11.6 Å². The Hall–Kier alpha value is -0.350. The van der Waals surface area contributed by atoms with Crippen molar-refractivity contribution >= 4 is 33.3 Å². The zero-order chi connectivity index (χ0) is 12.5. The molecule has 1 aromatic rings. The molecule has 0 radical (unpaired) electrons. The fraction of sp³-hybridized carbons (Fsp3) is 0.692. The molecule has 0 aromatic carbocycles. The molecule has 2 fully saturated rings. The smallest absolute Gasteiger partial charge is 0.224 e. The van der Waals surface area contributed by atoms with Crippen molar-refractivity contribution in [1.29, 1.82) is 0 Å². The molecule has 1 unspecified atom stereocenters. The van der Waals surface area contributed by atoms with E-state index in [1.807, 2.05) is 0 Å². The molecule has 1 aromatic heterocycles. The van der Waals surface area contributed by atoms with Crippen LogP contribution in [0, 0.1) is 5.92 Å². The highest BCUT2D eigenvalue weighted by Crippen LogP contribution is 2.39. The first-order valence-corrected chi connectivity index (χ1v) is 7.87. The van der Waals surface area contributed by atoms with E-state index in [2.05, 4.69) is 30.8 Å². The molecule has 0 bridgehead atoms. The highest BCUT2D eigenvalue weighted by molar-refractivity contribution is 9.10. The normalized spacial score (nSPS) is 25.0. The fourth-order valence-corrected chi connectivity index (χ4v) is 3.97. The summed E-state index contributed by atoms with van der Waals surface area (Å²) in [4.78, 5) is 10.9. The minimum absolute atomic E-state index is 0.338. The molecule has 5 heteroatoms. The zero-order valence-electron chi connectivity index (χ0n) is 10.3. The number of rotatable bonds is 2. The van der Waals surface area contributed by atoms with Gasteiger partial charge in [-0.2, -0.15) is 4.98 Å². The van der Waals surface area contributed by atoms with Crippen LogP contribution in [0.4, 0.5) is 5.82 Å². The molecule has 3 rings (SSSR count). The van der Waals surface area contributed by atoms with Gasteiger partial charge in [0.05, 0.1) is 4.47 Å². The van der Waals surface area contributed by atoms with Crippen LogP contribution in [0.5, 0.6) is 0 Å². The van der Waals surface area contributed by atoms with Crippen molar-refractivity contribution in [3.8, 4) is 0 Å². The van der Waals surface area contributed by atoms with Gasteiger partial charge in [0.15, 0.2) is 0 Å². The maximum Gasteiger partial charge on any atom is 0.224 e. The van der Waals surface area contributed by atoms with Crippen molar-refractivity contribution in [2.45, 2.75) is 44.6 Å². The topological polar surface area (TPSA) is 29.0 Å². The minimum atomic E-state index is 0.338. The molecule has 1 saturated carbocycles. The second-order valence-corrected chi connectivity index (χ2v) is 6.45.